The lowest BCUT2D eigenvalue weighted by Crippen LogP contribution is -1.95. The normalized spacial score (nSPS) is 12.1. The number of fused-ring (bicyclic) bond motifs is 12. The Labute approximate surface area is 336 Å². The molecule has 270 valence electrons. The van der Waals surface area contributed by atoms with Crippen LogP contribution in [0.1, 0.15) is 0 Å². The summed E-state index contributed by atoms with van der Waals surface area (Å²) in [4.78, 5) is 0. The van der Waals surface area contributed by atoms with Gasteiger partial charge in [-0.2, -0.15) is 0 Å². The van der Waals surface area contributed by atoms with Gasteiger partial charge in [0.05, 0.1) is 22.1 Å². The van der Waals surface area contributed by atoms with E-state index in [1.807, 2.05) is 17.4 Å². The van der Waals surface area contributed by atoms with Gasteiger partial charge in [0.1, 0.15) is 11.2 Å². The first-order chi connectivity index (χ1) is 28.8. The molecule has 58 heavy (non-hydrogen) atoms. The zero-order chi connectivity index (χ0) is 37.9. The number of hydrogen-bond acceptors (Lipinski definition) is 2. The van der Waals surface area contributed by atoms with Gasteiger partial charge >= 0.3 is 0 Å². The quantitative estimate of drug-likeness (QED) is 0.175. The second-order valence-electron chi connectivity index (χ2n) is 15.2. The van der Waals surface area contributed by atoms with Crippen molar-refractivity contribution in [2.75, 3.05) is 0 Å². The summed E-state index contributed by atoms with van der Waals surface area (Å²) in [6.45, 7) is 0. The molecule has 13 rings (SSSR count). The van der Waals surface area contributed by atoms with Crippen LogP contribution in [-0.2, 0) is 0 Å². The van der Waals surface area contributed by atoms with Gasteiger partial charge in [0.2, 0.25) is 0 Å². The molecule has 3 nitrogen and oxygen atoms in total. The van der Waals surface area contributed by atoms with Crippen LogP contribution in [0.2, 0.25) is 0 Å². The maximum atomic E-state index is 6.26. The van der Waals surface area contributed by atoms with Crippen molar-refractivity contribution in [1.29, 1.82) is 0 Å². The fourth-order valence-corrected chi connectivity index (χ4v) is 10.8. The molecule has 0 saturated carbocycles. The van der Waals surface area contributed by atoms with Crippen LogP contribution in [-0.4, -0.2) is 9.13 Å². The van der Waals surface area contributed by atoms with E-state index in [1.54, 1.807) is 0 Å². The molecule has 0 saturated heterocycles. The van der Waals surface area contributed by atoms with E-state index in [0.717, 1.165) is 33.3 Å². The Bertz CT molecular complexity index is 3800. The number of para-hydroxylation sites is 4. The van der Waals surface area contributed by atoms with Crippen LogP contribution in [0, 0.1) is 0 Å². The van der Waals surface area contributed by atoms with Crippen molar-refractivity contribution in [3.8, 4) is 33.6 Å². The Kier molecular flexibility index (Phi) is 6.60. The average Bonchev–Trinajstić information content (AvgIpc) is 4.03. The fraction of sp³-hybridized carbons (Fsp3) is 0. The van der Waals surface area contributed by atoms with Gasteiger partial charge in [-0.25, -0.2) is 0 Å². The Morgan fingerprint density at radius 2 is 0.966 bits per heavy atom. The first-order valence-corrected chi connectivity index (χ1v) is 20.6. The lowest BCUT2D eigenvalue weighted by molar-refractivity contribution is 0.669. The summed E-state index contributed by atoms with van der Waals surface area (Å²) in [5.74, 6) is 0. The molecule has 4 aromatic heterocycles. The number of rotatable bonds is 4. The van der Waals surface area contributed by atoms with Gasteiger partial charge < -0.3 is 13.6 Å². The van der Waals surface area contributed by atoms with E-state index >= 15 is 0 Å². The Balaban J connectivity index is 1.06. The van der Waals surface area contributed by atoms with E-state index in [0.29, 0.717) is 0 Å². The molecule has 0 atom stereocenters. The van der Waals surface area contributed by atoms with Crippen molar-refractivity contribution in [3.05, 3.63) is 194 Å². The zero-order valence-electron chi connectivity index (χ0n) is 31.2. The monoisotopic (exact) mass is 756 g/mol. The summed E-state index contributed by atoms with van der Waals surface area (Å²) in [6, 6.07) is 70.8. The molecule has 0 amide bonds. The first-order valence-electron chi connectivity index (χ1n) is 19.8. The van der Waals surface area contributed by atoms with E-state index in [4.69, 9.17) is 4.42 Å². The summed E-state index contributed by atoms with van der Waals surface area (Å²) in [5.41, 5.74) is 13.8. The minimum absolute atomic E-state index is 0.909. The highest BCUT2D eigenvalue weighted by atomic mass is 32.1. The number of furan rings is 1. The SMILES string of the molecule is c1ccc(-n2c3ccccc3c3c(-c4ccc5c(c4)c4ccccc4n5-c4cc(-c5ccc6oc7ccccc7c6c5)c5sc6ccccc6c5c4)cccc32)cc1. The van der Waals surface area contributed by atoms with Crippen molar-refractivity contribution < 1.29 is 4.42 Å². The molecule has 9 aromatic carbocycles. The van der Waals surface area contributed by atoms with Crippen LogP contribution in [0.15, 0.2) is 199 Å². The molecule has 0 N–H and O–H groups in total. The van der Waals surface area contributed by atoms with E-state index in [2.05, 4.69) is 197 Å². The van der Waals surface area contributed by atoms with Crippen LogP contribution in [0.5, 0.6) is 0 Å². The minimum Gasteiger partial charge on any atom is -0.456 e. The van der Waals surface area contributed by atoms with Crippen LogP contribution < -0.4 is 0 Å². The minimum atomic E-state index is 0.909. The summed E-state index contributed by atoms with van der Waals surface area (Å²) in [5, 5.41) is 9.83. The second-order valence-corrected chi connectivity index (χ2v) is 16.3. The van der Waals surface area contributed by atoms with E-state index in [1.165, 1.54) is 86.0 Å². The van der Waals surface area contributed by atoms with Gasteiger partial charge in [-0.3, -0.25) is 0 Å². The predicted octanol–water partition coefficient (Wildman–Crippen LogP) is 15.5. The highest BCUT2D eigenvalue weighted by molar-refractivity contribution is 7.26. The maximum Gasteiger partial charge on any atom is 0.135 e. The predicted molar refractivity (Wildman–Crippen MR) is 246 cm³/mol. The summed E-state index contributed by atoms with van der Waals surface area (Å²) >= 11 is 1.87. The third-order valence-corrected chi connectivity index (χ3v) is 13.3. The molecular formula is C54H32N2OS. The van der Waals surface area contributed by atoms with Gasteiger partial charge in [-0.15, -0.1) is 11.3 Å². The molecule has 4 heterocycles. The molecule has 0 aliphatic carbocycles. The average molecular weight is 757 g/mol. The van der Waals surface area contributed by atoms with Gasteiger partial charge in [-0.1, -0.05) is 115 Å². The van der Waals surface area contributed by atoms with Crippen LogP contribution in [0.3, 0.4) is 0 Å². The van der Waals surface area contributed by atoms with E-state index < -0.39 is 0 Å². The maximum absolute atomic E-state index is 6.26. The molecule has 0 bridgehead atoms. The molecule has 0 radical (unpaired) electrons. The topological polar surface area (TPSA) is 23.0 Å². The van der Waals surface area contributed by atoms with Crippen molar-refractivity contribution in [1.82, 2.24) is 9.13 Å². The van der Waals surface area contributed by atoms with Gasteiger partial charge in [0, 0.05) is 69.4 Å². The number of benzene rings is 9. The van der Waals surface area contributed by atoms with E-state index in [-0.39, 0.29) is 0 Å². The largest absolute Gasteiger partial charge is 0.456 e. The van der Waals surface area contributed by atoms with Crippen molar-refractivity contribution in [3.63, 3.8) is 0 Å². The number of nitrogens with zero attached hydrogens (tertiary/aromatic N) is 2. The fourth-order valence-electron chi connectivity index (χ4n) is 9.58. The van der Waals surface area contributed by atoms with Gasteiger partial charge in [0.25, 0.3) is 0 Å². The molecular weight excluding hydrogens is 725 g/mol. The molecule has 0 unspecified atom stereocenters. The molecule has 13 aromatic rings. The van der Waals surface area contributed by atoms with Crippen molar-refractivity contribution in [2.45, 2.75) is 0 Å². The zero-order valence-corrected chi connectivity index (χ0v) is 32.0. The van der Waals surface area contributed by atoms with E-state index in [9.17, 15) is 0 Å². The summed E-state index contributed by atoms with van der Waals surface area (Å²) in [6.07, 6.45) is 0. The lowest BCUT2D eigenvalue weighted by atomic mass is 9.98. The molecule has 4 heteroatoms. The third kappa shape index (κ3) is 4.49. The standard InChI is InChI=1S/C54H32N2OS/c1-2-13-35(14-3-1)55-47-21-9-5-18-41(47)53-37(19-12-22-49(53)55)33-25-27-48-43(29-33)38-15-4-8-20-46(38)56(48)36-31-42(54-45(32-36)40-17-7-11-24-52(40)58-54)34-26-28-51-44(30-34)39-16-6-10-23-50(39)57-51/h1-32H. The Hall–Kier alpha value is -7.40. The molecule has 0 fully saturated rings. The summed E-state index contributed by atoms with van der Waals surface area (Å²) < 4.78 is 13.7. The van der Waals surface area contributed by atoms with Crippen molar-refractivity contribution in [2.24, 2.45) is 0 Å². The molecule has 0 aliphatic heterocycles. The van der Waals surface area contributed by atoms with Crippen LogP contribution >= 0.6 is 11.3 Å². The smallest absolute Gasteiger partial charge is 0.135 e. The highest BCUT2D eigenvalue weighted by Crippen LogP contribution is 2.45. The number of thiophene rings is 1. The Morgan fingerprint density at radius 3 is 1.84 bits per heavy atom. The lowest BCUT2D eigenvalue weighted by Gasteiger charge is -2.13. The van der Waals surface area contributed by atoms with Crippen molar-refractivity contribution >= 4 is 97.1 Å². The van der Waals surface area contributed by atoms with Crippen LogP contribution in [0.4, 0.5) is 0 Å². The summed E-state index contributed by atoms with van der Waals surface area (Å²) in [7, 11) is 0. The third-order valence-electron chi connectivity index (χ3n) is 12.1. The number of hydrogen-bond donors (Lipinski definition) is 0. The van der Waals surface area contributed by atoms with Gasteiger partial charge in [0.15, 0.2) is 0 Å². The Morgan fingerprint density at radius 1 is 0.345 bits per heavy atom. The first kappa shape index (κ1) is 31.8. The molecule has 0 aliphatic rings. The second kappa shape index (κ2) is 12.1. The number of aromatic nitrogens is 2. The van der Waals surface area contributed by atoms with Crippen LogP contribution in [0.25, 0.3) is 119 Å². The highest BCUT2D eigenvalue weighted by Gasteiger charge is 2.21. The van der Waals surface area contributed by atoms with Gasteiger partial charge in [-0.05, 0) is 95.6 Å². The molecule has 0 spiro atoms.